The first-order chi connectivity index (χ1) is 21.7. The van der Waals surface area contributed by atoms with E-state index in [1.165, 1.54) is 0 Å². The quantitative estimate of drug-likeness (QED) is 0.251. The van der Waals surface area contributed by atoms with Gasteiger partial charge in [-0.15, -0.1) is 0 Å². The number of carbonyl (C=O) groups is 1. The lowest BCUT2D eigenvalue weighted by Crippen LogP contribution is -2.50. The van der Waals surface area contributed by atoms with Gasteiger partial charge in [-0.25, -0.2) is 18.7 Å². The molecule has 0 spiro atoms. The normalized spacial score (nSPS) is 18.0. The van der Waals surface area contributed by atoms with Crippen LogP contribution in [-0.2, 0) is 4.74 Å². The van der Waals surface area contributed by atoms with E-state index in [1.807, 2.05) is 62.1 Å². The molecule has 1 amide bonds. The van der Waals surface area contributed by atoms with Crippen LogP contribution >= 0.6 is 0 Å². The molecule has 0 aliphatic carbocycles. The molecule has 6 aromatic rings. The third kappa shape index (κ3) is 4.57. The summed E-state index contributed by atoms with van der Waals surface area (Å²) in [6, 6.07) is 17.1. The summed E-state index contributed by atoms with van der Waals surface area (Å²) in [7, 11) is 0. The van der Waals surface area contributed by atoms with Crippen LogP contribution in [-0.4, -0.2) is 71.5 Å². The zero-order valence-electron chi connectivity index (χ0n) is 25.1. The number of ether oxygens (including phenoxy) is 1. The summed E-state index contributed by atoms with van der Waals surface area (Å²) in [4.78, 5) is 25.6. The number of nitrogens with one attached hydrogen (secondary N) is 1. The van der Waals surface area contributed by atoms with Crippen molar-refractivity contribution in [3.8, 4) is 33.6 Å². The number of pyridine rings is 1. The van der Waals surface area contributed by atoms with E-state index in [-0.39, 0.29) is 24.0 Å². The summed E-state index contributed by atoms with van der Waals surface area (Å²) >= 11 is 0. The van der Waals surface area contributed by atoms with Crippen LogP contribution in [0.25, 0.3) is 50.2 Å². The number of rotatable bonds is 4. The van der Waals surface area contributed by atoms with Crippen LogP contribution in [0.5, 0.6) is 0 Å². The zero-order valence-corrected chi connectivity index (χ0v) is 25.1. The Labute approximate surface area is 258 Å². The number of amides is 1. The number of hydrogen-bond acceptors (Lipinski definition) is 7. The van der Waals surface area contributed by atoms with E-state index in [9.17, 15) is 4.79 Å². The number of halogens is 1. The number of carbonyl (C=O) groups excluding carboxylic acids is 1. The molecule has 4 aromatic heterocycles. The molecule has 0 radical (unpaired) electrons. The SMILES string of the molecule is CC(C)(C)OC(=O)N1C[C@@H]2C[C@@H]1CN2c1ccc(-c2ccnc3c(-c4cccc5[nH]ncc45)c(-c4ccncc4)nn23)c(F)c1. The van der Waals surface area contributed by atoms with Crippen molar-refractivity contribution >= 4 is 28.3 Å². The maximum absolute atomic E-state index is 16.1. The molecule has 226 valence electrons. The Hall–Kier alpha value is -5.32. The maximum Gasteiger partial charge on any atom is 0.410 e. The van der Waals surface area contributed by atoms with E-state index in [0.29, 0.717) is 35.7 Å². The minimum atomic E-state index is -0.545. The lowest BCUT2D eigenvalue weighted by molar-refractivity contribution is 0.0214. The predicted molar refractivity (Wildman–Crippen MR) is 169 cm³/mol. The summed E-state index contributed by atoms with van der Waals surface area (Å²) in [6.45, 7) is 6.81. The minimum Gasteiger partial charge on any atom is -0.444 e. The van der Waals surface area contributed by atoms with E-state index in [0.717, 1.165) is 39.7 Å². The molecule has 0 saturated carbocycles. The van der Waals surface area contributed by atoms with Crippen LogP contribution < -0.4 is 4.90 Å². The fraction of sp³-hybridized carbons (Fsp3) is 0.265. The number of piperazine rings is 1. The number of H-pyrrole nitrogens is 1. The van der Waals surface area contributed by atoms with Crippen LogP contribution in [0.3, 0.4) is 0 Å². The van der Waals surface area contributed by atoms with Crippen LogP contribution in [0.2, 0.25) is 0 Å². The Morgan fingerprint density at radius 1 is 1.00 bits per heavy atom. The molecule has 2 atom stereocenters. The molecule has 2 aliphatic rings. The lowest BCUT2D eigenvalue weighted by atomic mass is 9.99. The standard InChI is InChI=1S/C34H31FN8O2/c1-34(2,3)45-33(44)42-19-22-15-23(42)18-41(22)21-7-8-25(27(35)16-21)29-11-14-37-32-30(24-5-4-6-28-26(24)17-38-39-28)31(40-43(29)32)20-9-12-36-13-10-20/h4-14,16-17,22-23H,15,18-19H2,1-3H3,(H,38,39)/t22-,23+/m0/s1. The van der Waals surface area contributed by atoms with Gasteiger partial charge in [0.25, 0.3) is 0 Å². The molecule has 8 rings (SSSR count). The van der Waals surface area contributed by atoms with Gasteiger partial charge in [-0.1, -0.05) is 12.1 Å². The molecular weight excluding hydrogens is 571 g/mol. The highest BCUT2D eigenvalue weighted by molar-refractivity contribution is 6.02. The molecule has 0 unspecified atom stereocenters. The number of anilines is 1. The van der Waals surface area contributed by atoms with Crippen molar-refractivity contribution < 1.29 is 13.9 Å². The van der Waals surface area contributed by atoms with Crippen molar-refractivity contribution in [2.75, 3.05) is 18.0 Å². The molecule has 2 bridgehead atoms. The predicted octanol–water partition coefficient (Wildman–Crippen LogP) is 6.34. The molecule has 1 N–H and O–H groups in total. The van der Waals surface area contributed by atoms with Crippen molar-refractivity contribution in [1.82, 2.24) is 34.7 Å². The number of aromatic nitrogens is 6. The minimum absolute atomic E-state index is 0.0428. The van der Waals surface area contributed by atoms with E-state index >= 15 is 4.39 Å². The zero-order chi connectivity index (χ0) is 30.9. The summed E-state index contributed by atoms with van der Waals surface area (Å²) in [6.07, 6.45) is 7.50. The molecule has 2 fully saturated rings. The van der Waals surface area contributed by atoms with Crippen LogP contribution in [0.15, 0.2) is 79.4 Å². The Morgan fingerprint density at radius 3 is 2.60 bits per heavy atom. The van der Waals surface area contributed by atoms with E-state index in [2.05, 4.69) is 20.1 Å². The molecule has 2 aromatic carbocycles. The highest BCUT2D eigenvalue weighted by Crippen LogP contribution is 2.40. The monoisotopic (exact) mass is 602 g/mol. The van der Waals surface area contributed by atoms with E-state index in [1.54, 1.807) is 47.5 Å². The number of fused-ring (bicyclic) bond motifs is 4. The number of benzene rings is 2. The van der Waals surface area contributed by atoms with Crippen molar-refractivity contribution in [2.45, 2.75) is 44.9 Å². The van der Waals surface area contributed by atoms with Gasteiger partial charge in [0.15, 0.2) is 5.65 Å². The van der Waals surface area contributed by atoms with Gasteiger partial charge < -0.3 is 14.5 Å². The van der Waals surface area contributed by atoms with Gasteiger partial charge >= 0.3 is 6.09 Å². The summed E-state index contributed by atoms with van der Waals surface area (Å²) < 4.78 is 23.4. The first-order valence-corrected chi connectivity index (χ1v) is 15.0. The summed E-state index contributed by atoms with van der Waals surface area (Å²) in [5.74, 6) is -0.355. The van der Waals surface area contributed by atoms with Gasteiger partial charge in [0, 0.05) is 59.9 Å². The second-order valence-corrected chi connectivity index (χ2v) is 12.7. The van der Waals surface area contributed by atoms with Gasteiger partial charge in [0.1, 0.15) is 17.1 Å². The Morgan fingerprint density at radius 2 is 1.84 bits per heavy atom. The Kier molecular flexibility index (Phi) is 6.12. The fourth-order valence-electron chi connectivity index (χ4n) is 6.71. The van der Waals surface area contributed by atoms with Crippen LogP contribution in [0.4, 0.5) is 14.9 Å². The smallest absolute Gasteiger partial charge is 0.410 e. The average Bonchev–Trinajstić information content (AvgIpc) is 3.83. The van der Waals surface area contributed by atoms with Gasteiger partial charge in [0.05, 0.1) is 29.0 Å². The number of nitrogens with zero attached hydrogens (tertiary/aromatic N) is 7. The third-order valence-electron chi connectivity index (χ3n) is 8.66. The third-order valence-corrected chi connectivity index (χ3v) is 8.66. The van der Waals surface area contributed by atoms with Gasteiger partial charge in [-0.2, -0.15) is 10.2 Å². The average molecular weight is 603 g/mol. The molecular formula is C34H31FN8O2. The molecule has 45 heavy (non-hydrogen) atoms. The van der Waals surface area contributed by atoms with E-state index in [4.69, 9.17) is 14.8 Å². The molecule has 2 saturated heterocycles. The summed E-state index contributed by atoms with van der Waals surface area (Å²) in [5, 5.41) is 13.3. The van der Waals surface area contributed by atoms with Crippen molar-refractivity contribution in [2.24, 2.45) is 0 Å². The number of hydrogen-bond donors (Lipinski definition) is 1. The second-order valence-electron chi connectivity index (χ2n) is 12.7. The fourth-order valence-corrected chi connectivity index (χ4v) is 6.71. The van der Waals surface area contributed by atoms with Crippen molar-refractivity contribution in [3.63, 3.8) is 0 Å². The number of aromatic amines is 1. The number of likely N-dealkylation sites (tertiary alicyclic amines) is 1. The first kappa shape index (κ1) is 27.2. The van der Waals surface area contributed by atoms with Gasteiger partial charge in [0.2, 0.25) is 0 Å². The first-order valence-electron chi connectivity index (χ1n) is 15.0. The maximum atomic E-state index is 16.1. The highest BCUT2D eigenvalue weighted by atomic mass is 19.1. The highest BCUT2D eigenvalue weighted by Gasteiger charge is 2.46. The molecule has 2 aliphatic heterocycles. The summed E-state index contributed by atoms with van der Waals surface area (Å²) in [5.41, 5.74) is 6.10. The topological polar surface area (TPSA) is 105 Å². The molecule has 11 heteroatoms. The van der Waals surface area contributed by atoms with Gasteiger partial charge in [-0.3, -0.25) is 10.1 Å². The Balaban J connectivity index is 1.17. The van der Waals surface area contributed by atoms with Crippen molar-refractivity contribution in [1.29, 1.82) is 0 Å². The molecule has 10 nitrogen and oxygen atoms in total. The van der Waals surface area contributed by atoms with Gasteiger partial charge in [-0.05, 0) is 75.2 Å². The van der Waals surface area contributed by atoms with Crippen molar-refractivity contribution in [3.05, 3.63) is 85.2 Å². The molecule has 6 heterocycles. The second kappa shape index (κ2) is 10.1. The Bertz CT molecular complexity index is 2080. The van der Waals surface area contributed by atoms with E-state index < -0.39 is 5.60 Å². The lowest BCUT2D eigenvalue weighted by Gasteiger charge is -2.36. The largest absolute Gasteiger partial charge is 0.444 e. The van der Waals surface area contributed by atoms with Crippen LogP contribution in [0.1, 0.15) is 27.2 Å². The van der Waals surface area contributed by atoms with Crippen LogP contribution in [0, 0.1) is 5.82 Å².